The van der Waals surface area contributed by atoms with Gasteiger partial charge in [0.2, 0.25) is 5.91 Å². The van der Waals surface area contributed by atoms with Crippen LogP contribution in [-0.4, -0.2) is 45.0 Å². The van der Waals surface area contributed by atoms with Gasteiger partial charge in [0.1, 0.15) is 0 Å². The van der Waals surface area contributed by atoms with Crippen molar-refractivity contribution in [1.29, 1.82) is 0 Å². The number of nitrogens with zero attached hydrogens (tertiary/aromatic N) is 1. The maximum atomic E-state index is 10.3. The zero-order valence-electron chi connectivity index (χ0n) is 8.13. The zero-order valence-corrected chi connectivity index (χ0v) is 8.13. The molecule has 12 heavy (non-hydrogen) atoms. The zero-order chi connectivity index (χ0) is 9.98. The standard InChI is InChI=1S/C5H10N2O.C3H9N/c1-2-5(8)7-4-3-6;1-4(2)3/h2H,1,3-4,6H2,(H,7,8);1-3H3. The fourth-order valence-corrected chi connectivity index (χ4v) is 0.268. The molecule has 0 saturated carbocycles. The quantitative estimate of drug-likeness (QED) is 0.562. The van der Waals surface area contributed by atoms with Gasteiger partial charge in [0.05, 0.1) is 0 Å². The minimum Gasteiger partial charge on any atom is -0.351 e. The Morgan fingerprint density at radius 1 is 1.58 bits per heavy atom. The van der Waals surface area contributed by atoms with Crippen LogP contribution in [-0.2, 0) is 4.79 Å². The Kier molecular flexibility index (Phi) is 11.6. The minimum atomic E-state index is -0.171. The maximum Gasteiger partial charge on any atom is 0.243 e. The summed E-state index contributed by atoms with van der Waals surface area (Å²) in [6.45, 7) is 4.25. The number of carbonyl (C=O) groups excluding carboxylic acids is 1. The van der Waals surface area contributed by atoms with Gasteiger partial charge in [-0.15, -0.1) is 0 Å². The van der Waals surface area contributed by atoms with Gasteiger partial charge in [0.15, 0.2) is 0 Å². The summed E-state index contributed by atoms with van der Waals surface area (Å²) in [5.74, 6) is -0.171. The van der Waals surface area contributed by atoms with Gasteiger partial charge in [-0.2, -0.15) is 0 Å². The summed E-state index contributed by atoms with van der Waals surface area (Å²) in [7, 11) is 6.00. The second kappa shape index (κ2) is 10.1. The van der Waals surface area contributed by atoms with Crippen LogP contribution in [0.5, 0.6) is 0 Å². The highest BCUT2D eigenvalue weighted by atomic mass is 16.1. The highest BCUT2D eigenvalue weighted by Gasteiger charge is 1.86. The van der Waals surface area contributed by atoms with E-state index in [1.165, 1.54) is 6.08 Å². The molecule has 0 aromatic heterocycles. The average Bonchev–Trinajstić information content (AvgIpc) is 1.99. The summed E-state index contributed by atoms with van der Waals surface area (Å²) in [4.78, 5) is 12.3. The van der Waals surface area contributed by atoms with Crippen LogP contribution in [0.15, 0.2) is 12.7 Å². The van der Waals surface area contributed by atoms with E-state index >= 15 is 0 Å². The number of nitrogens with one attached hydrogen (secondary N) is 1. The minimum absolute atomic E-state index is 0.171. The van der Waals surface area contributed by atoms with Crippen molar-refractivity contribution in [3.63, 3.8) is 0 Å². The lowest BCUT2D eigenvalue weighted by atomic mass is 10.5. The summed E-state index contributed by atoms with van der Waals surface area (Å²) < 4.78 is 0. The van der Waals surface area contributed by atoms with Crippen molar-refractivity contribution in [2.75, 3.05) is 34.2 Å². The average molecular weight is 173 g/mol. The first-order chi connectivity index (χ1) is 5.54. The van der Waals surface area contributed by atoms with E-state index in [1.807, 2.05) is 26.0 Å². The number of nitrogens with two attached hydrogens (primary N) is 1. The van der Waals surface area contributed by atoms with E-state index in [1.54, 1.807) is 0 Å². The van der Waals surface area contributed by atoms with E-state index in [9.17, 15) is 4.79 Å². The van der Waals surface area contributed by atoms with E-state index in [0.29, 0.717) is 13.1 Å². The molecule has 4 heteroatoms. The summed E-state index contributed by atoms with van der Waals surface area (Å²) in [6, 6.07) is 0. The monoisotopic (exact) mass is 173 g/mol. The number of hydrogen-bond donors (Lipinski definition) is 2. The Balaban J connectivity index is 0. The predicted octanol–water partition coefficient (Wildman–Crippen LogP) is -0.575. The molecule has 3 N–H and O–H groups in total. The third-order valence-electron chi connectivity index (χ3n) is 0.629. The molecule has 1 amide bonds. The van der Waals surface area contributed by atoms with Gasteiger partial charge < -0.3 is 16.0 Å². The van der Waals surface area contributed by atoms with Crippen LogP contribution in [0, 0.1) is 0 Å². The topological polar surface area (TPSA) is 58.4 Å². The summed E-state index contributed by atoms with van der Waals surface area (Å²) >= 11 is 0. The molecule has 0 aliphatic carbocycles. The first-order valence-corrected chi connectivity index (χ1v) is 3.75. The fraction of sp³-hybridized carbons (Fsp3) is 0.625. The molecule has 0 atom stereocenters. The van der Waals surface area contributed by atoms with Crippen LogP contribution in [0.1, 0.15) is 0 Å². The highest BCUT2D eigenvalue weighted by Crippen LogP contribution is 1.61. The molecular weight excluding hydrogens is 154 g/mol. The Bertz CT molecular complexity index is 121. The van der Waals surface area contributed by atoms with Crippen LogP contribution >= 0.6 is 0 Å². The van der Waals surface area contributed by atoms with Crippen molar-refractivity contribution in [3.05, 3.63) is 12.7 Å². The molecule has 0 aromatic carbocycles. The maximum absolute atomic E-state index is 10.3. The molecule has 0 radical (unpaired) electrons. The molecule has 0 bridgehead atoms. The molecule has 0 fully saturated rings. The number of amides is 1. The number of carbonyl (C=O) groups is 1. The molecule has 72 valence electrons. The van der Waals surface area contributed by atoms with Crippen molar-refractivity contribution < 1.29 is 4.79 Å². The molecule has 0 heterocycles. The van der Waals surface area contributed by atoms with E-state index in [2.05, 4.69) is 11.9 Å². The number of hydrogen-bond acceptors (Lipinski definition) is 3. The molecule has 4 nitrogen and oxygen atoms in total. The second-order valence-corrected chi connectivity index (χ2v) is 2.63. The Labute approximate surface area is 74.4 Å². The third kappa shape index (κ3) is 22.9. The normalized spacial score (nSPS) is 8.42. The fourth-order valence-electron chi connectivity index (χ4n) is 0.268. The first kappa shape index (κ1) is 13.7. The SMILES string of the molecule is C=CC(=O)NCCN.CN(C)C. The largest absolute Gasteiger partial charge is 0.351 e. The predicted molar refractivity (Wildman–Crippen MR) is 51.9 cm³/mol. The van der Waals surface area contributed by atoms with Crippen molar-refractivity contribution >= 4 is 5.91 Å². The van der Waals surface area contributed by atoms with E-state index in [-0.39, 0.29) is 5.91 Å². The van der Waals surface area contributed by atoms with Crippen molar-refractivity contribution in [1.82, 2.24) is 10.2 Å². The van der Waals surface area contributed by atoms with E-state index in [0.717, 1.165) is 0 Å². The van der Waals surface area contributed by atoms with Crippen molar-refractivity contribution in [3.8, 4) is 0 Å². The molecule has 0 aliphatic heterocycles. The molecule has 0 saturated heterocycles. The van der Waals surface area contributed by atoms with Gasteiger partial charge in [-0.1, -0.05) is 6.58 Å². The molecule has 0 aromatic rings. The lowest BCUT2D eigenvalue weighted by Gasteiger charge is -1.94. The third-order valence-corrected chi connectivity index (χ3v) is 0.629. The van der Waals surface area contributed by atoms with Crippen LogP contribution in [0.3, 0.4) is 0 Å². The first-order valence-electron chi connectivity index (χ1n) is 3.75. The van der Waals surface area contributed by atoms with Gasteiger partial charge in [-0.05, 0) is 27.2 Å². The van der Waals surface area contributed by atoms with Crippen LogP contribution < -0.4 is 11.1 Å². The Hall–Kier alpha value is -0.870. The molecule has 0 spiro atoms. The van der Waals surface area contributed by atoms with Crippen molar-refractivity contribution in [2.45, 2.75) is 0 Å². The summed E-state index contributed by atoms with van der Waals surface area (Å²) in [5.41, 5.74) is 5.08. The molecular formula is C8H19N3O. The van der Waals surface area contributed by atoms with Crippen molar-refractivity contribution in [2.24, 2.45) is 5.73 Å². The number of rotatable bonds is 3. The van der Waals surface area contributed by atoms with Crippen LogP contribution in [0.2, 0.25) is 0 Å². The van der Waals surface area contributed by atoms with Gasteiger partial charge >= 0.3 is 0 Å². The van der Waals surface area contributed by atoms with Gasteiger partial charge in [0.25, 0.3) is 0 Å². The van der Waals surface area contributed by atoms with Gasteiger partial charge in [-0.3, -0.25) is 4.79 Å². The second-order valence-electron chi connectivity index (χ2n) is 2.63. The smallest absolute Gasteiger partial charge is 0.243 e. The van der Waals surface area contributed by atoms with Gasteiger partial charge in [0, 0.05) is 13.1 Å². The molecule has 0 aliphatic rings. The highest BCUT2D eigenvalue weighted by molar-refractivity contribution is 5.86. The van der Waals surface area contributed by atoms with Gasteiger partial charge in [-0.25, -0.2) is 0 Å². The Morgan fingerprint density at radius 3 is 2.25 bits per heavy atom. The lowest BCUT2D eigenvalue weighted by Crippen LogP contribution is -2.27. The summed E-state index contributed by atoms with van der Waals surface area (Å²) in [6.07, 6.45) is 1.22. The van der Waals surface area contributed by atoms with E-state index < -0.39 is 0 Å². The molecule has 0 unspecified atom stereocenters. The summed E-state index contributed by atoms with van der Waals surface area (Å²) in [5, 5.41) is 2.50. The Morgan fingerprint density at radius 2 is 2.00 bits per heavy atom. The van der Waals surface area contributed by atoms with Crippen LogP contribution in [0.4, 0.5) is 0 Å². The van der Waals surface area contributed by atoms with E-state index in [4.69, 9.17) is 5.73 Å². The molecule has 0 rings (SSSR count). The van der Waals surface area contributed by atoms with Crippen LogP contribution in [0.25, 0.3) is 0 Å². The lowest BCUT2D eigenvalue weighted by molar-refractivity contribution is -0.116.